The van der Waals surface area contributed by atoms with Crippen molar-refractivity contribution in [3.05, 3.63) is 18.0 Å². The van der Waals surface area contributed by atoms with Gasteiger partial charge < -0.3 is 5.32 Å². The Labute approximate surface area is 123 Å². The van der Waals surface area contributed by atoms with Gasteiger partial charge in [0.1, 0.15) is 0 Å². The average Bonchev–Trinajstić information content (AvgIpc) is 2.86. The molecule has 1 aliphatic rings. The first kappa shape index (κ1) is 16.3. The van der Waals surface area contributed by atoms with Crippen LogP contribution in [0.25, 0.3) is 0 Å². The van der Waals surface area contributed by atoms with Crippen LogP contribution in [0.5, 0.6) is 0 Å². The normalized spacial score (nSPS) is 26.0. The minimum atomic E-state index is -4.32. The van der Waals surface area contributed by atoms with Crippen LogP contribution in [0.4, 0.5) is 13.2 Å². The fourth-order valence-corrected chi connectivity index (χ4v) is 3.06. The Hall–Kier alpha value is -1.04. The van der Waals surface area contributed by atoms with Gasteiger partial charge in [-0.2, -0.15) is 18.3 Å². The van der Waals surface area contributed by atoms with E-state index in [9.17, 15) is 13.2 Å². The van der Waals surface area contributed by atoms with Crippen LogP contribution in [0.2, 0.25) is 0 Å². The van der Waals surface area contributed by atoms with E-state index in [-0.39, 0.29) is 17.5 Å². The van der Waals surface area contributed by atoms with Crippen molar-refractivity contribution < 1.29 is 13.2 Å². The summed E-state index contributed by atoms with van der Waals surface area (Å²) in [6.45, 7) is 7.31. The Bertz CT molecular complexity index is 465. The lowest BCUT2D eigenvalue weighted by atomic mass is 9.73. The topological polar surface area (TPSA) is 29.9 Å². The van der Waals surface area contributed by atoms with Gasteiger partial charge in [0, 0.05) is 12.2 Å². The third-order valence-electron chi connectivity index (χ3n) is 4.28. The number of rotatable bonds is 4. The fourth-order valence-electron chi connectivity index (χ4n) is 3.06. The van der Waals surface area contributed by atoms with Gasteiger partial charge in [-0.25, -0.2) is 0 Å². The summed E-state index contributed by atoms with van der Waals surface area (Å²) in [5, 5.41) is 7.45. The Morgan fingerprint density at radius 3 is 2.71 bits per heavy atom. The van der Waals surface area contributed by atoms with E-state index in [2.05, 4.69) is 31.2 Å². The molecule has 2 unspecified atom stereocenters. The second-order valence-corrected chi connectivity index (χ2v) is 6.74. The van der Waals surface area contributed by atoms with E-state index in [4.69, 9.17) is 0 Å². The number of alkyl halides is 3. The Morgan fingerprint density at radius 1 is 1.43 bits per heavy atom. The van der Waals surface area contributed by atoms with Crippen molar-refractivity contribution in [2.45, 2.75) is 64.7 Å². The molecular formula is C15H24F3N3. The number of nitrogens with zero attached hydrogens (tertiary/aromatic N) is 2. The van der Waals surface area contributed by atoms with Gasteiger partial charge in [0.05, 0.1) is 17.8 Å². The summed E-state index contributed by atoms with van der Waals surface area (Å²) >= 11 is 0. The summed E-state index contributed by atoms with van der Waals surface area (Å²) in [4.78, 5) is 0. The van der Waals surface area contributed by atoms with Gasteiger partial charge in [-0.1, -0.05) is 20.8 Å². The maximum Gasteiger partial charge on any atom is 0.419 e. The molecule has 21 heavy (non-hydrogen) atoms. The third-order valence-corrected chi connectivity index (χ3v) is 4.28. The molecule has 1 saturated carbocycles. The van der Waals surface area contributed by atoms with Crippen molar-refractivity contribution >= 4 is 0 Å². The average molecular weight is 303 g/mol. The van der Waals surface area contributed by atoms with Crippen LogP contribution < -0.4 is 5.32 Å². The molecule has 1 aromatic heterocycles. The molecule has 2 atom stereocenters. The van der Waals surface area contributed by atoms with Crippen LogP contribution in [0.15, 0.2) is 12.4 Å². The van der Waals surface area contributed by atoms with Gasteiger partial charge in [-0.15, -0.1) is 0 Å². The largest absolute Gasteiger partial charge is 0.419 e. The van der Waals surface area contributed by atoms with Crippen LogP contribution in [-0.2, 0) is 6.18 Å². The SMILES string of the molecule is CCCNC1CCC(C)(C)CC1n1cc(C(F)(F)F)cn1. The van der Waals surface area contributed by atoms with E-state index in [1.54, 1.807) is 0 Å². The summed E-state index contributed by atoms with van der Waals surface area (Å²) in [6, 6.07) is 0.176. The van der Waals surface area contributed by atoms with Crippen LogP contribution in [-0.4, -0.2) is 22.4 Å². The molecule has 1 heterocycles. The zero-order valence-corrected chi connectivity index (χ0v) is 12.9. The van der Waals surface area contributed by atoms with Gasteiger partial charge in [0.2, 0.25) is 0 Å². The van der Waals surface area contributed by atoms with E-state index in [1.807, 2.05) is 0 Å². The molecule has 1 aromatic rings. The summed E-state index contributed by atoms with van der Waals surface area (Å²) in [5.74, 6) is 0. The lowest BCUT2D eigenvalue weighted by molar-refractivity contribution is -0.137. The van der Waals surface area contributed by atoms with Crippen molar-refractivity contribution in [1.29, 1.82) is 0 Å². The Morgan fingerprint density at radius 2 is 2.14 bits per heavy atom. The molecule has 0 amide bonds. The highest BCUT2D eigenvalue weighted by molar-refractivity contribution is 5.10. The predicted molar refractivity (Wildman–Crippen MR) is 76.0 cm³/mol. The molecule has 120 valence electrons. The van der Waals surface area contributed by atoms with E-state index in [0.717, 1.165) is 44.6 Å². The molecule has 1 aliphatic carbocycles. The van der Waals surface area contributed by atoms with Crippen LogP contribution in [0, 0.1) is 5.41 Å². The molecule has 0 radical (unpaired) electrons. The number of nitrogens with one attached hydrogen (secondary N) is 1. The lowest BCUT2D eigenvalue weighted by Gasteiger charge is -2.41. The first-order chi connectivity index (χ1) is 9.73. The molecule has 0 aromatic carbocycles. The van der Waals surface area contributed by atoms with Gasteiger partial charge >= 0.3 is 6.18 Å². The maximum absolute atomic E-state index is 12.8. The maximum atomic E-state index is 12.8. The number of hydrogen-bond donors (Lipinski definition) is 1. The van der Waals surface area contributed by atoms with Crippen molar-refractivity contribution in [3.8, 4) is 0 Å². The highest BCUT2D eigenvalue weighted by Crippen LogP contribution is 2.41. The quantitative estimate of drug-likeness (QED) is 0.910. The number of hydrogen-bond acceptors (Lipinski definition) is 2. The monoisotopic (exact) mass is 303 g/mol. The van der Waals surface area contributed by atoms with E-state index < -0.39 is 11.7 Å². The minimum Gasteiger partial charge on any atom is -0.312 e. The molecular weight excluding hydrogens is 279 g/mol. The highest BCUT2D eigenvalue weighted by atomic mass is 19.4. The Kier molecular flexibility index (Phi) is 4.66. The van der Waals surface area contributed by atoms with Gasteiger partial charge in [0.25, 0.3) is 0 Å². The summed E-state index contributed by atoms with van der Waals surface area (Å²) in [5.41, 5.74) is -0.528. The fraction of sp³-hybridized carbons (Fsp3) is 0.800. The van der Waals surface area contributed by atoms with Crippen LogP contribution in [0.3, 0.4) is 0 Å². The molecule has 0 saturated heterocycles. The number of halogens is 3. The molecule has 2 rings (SSSR count). The van der Waals surface area contributed by atoms with Crippen molar-refractivity contribution in [2.75, 3.05) is 6.54 Å². The molecule has 0 spiro atoms. The molecule has 1 N–H and O–H groups in total. The van der Waals surface area contributed by atoms with Crippen molar-refractivity contribution in [1.82, 2.24) is 15.1 Å². The summed E-state index contributed by atoms with van der Waals surface area (Å²) in [6.07, 6.45) is 1.66. The van der Waals surface area contributed by atoms with Gasteiger partial charge in [-0.05, 0) is 37.6 Å². The molecule has 6 heteroatoms. The first-order valence-corrected chi connectivity index (χ1v) is 7.58. The third kappa shape index (κ3) is 3.99. The van der Waals surface area contributed by atoms with Gasteiger partial charge in [-0.3, -0.25) is 4.68 Å². The number of aromatic nitrogens is 2. The van der Waals surface area contributed by atoms with Crippen LogP contribution >= 0.6 is 0 Å². The molecule has 3 nitrogen and oxygen atoms in total. The molecule has 0 bridgehead atoms. The smallest absolute Gasteiger partial charge is 0.312 e. The zero-order chi connectivity index (χ0) is 15.7. The second-order valence-electron chi connectivity index (χ2n) is 6.74. The lowest BCUT2D eigenvalue weighted by Crippen LogP contribution is -2.44. The van der Waals surface area contributed by atoms with Gasteiger partial charge in [0.15, 0.2) is 0 Å². The minimum absolute atomic E-state index is 0.0172. The summed E-state index contributed by atoms with van der Waals surface area (Å²) < 4.78 is 39.8. The predicted octanol–water partition coefficient (Wildman–Crippen LogP) is 4.02. The summed E-state index contributed by atoms with van der Waals surface area (Å²) in [7, 11) is 0. The highest BCUT2D eigenvalue weighted by Gasteiger charge is 2.38. The Balaban J connectivity index is 2.20. The molecule has 1 fully saturated rings. The zero-order valence-electron chi connectivity index (χ0n) is 12.9. The van der Waals surface area contributed by atoms with Crippen LogP contribution in [0.1, 0.15) is 58.1 Å². The van der Waals surface area contributed by atoms with E-state index in [0.29, 0.717) is 0 Å². The van der Waals surface area contributed by atoms with Crippen molar-refractivity contribution in [3.63, 3.8) is 0 Å². The second kappa shape index (κ2) is 5.99. The first-order valence-electron chi connectivity index (χ1n) is 7.58. The molecule has 0 aliphatic heterocycles. The van der Waals surface area contributed by atoms with E-state index in [1.165, 1.54) is 4.68 Å². The standard InChI is InChI=1S/C15H24F3N3/c1-4-7-19-12-5-6-14(2,3)8-13(12)21-10-11(9-20-21)15(16,17)18/h9-10,12-13,19H,4-8H2,1-3H3. The van der Waals surface area contributed by atoms with E-state index >= 15 is 0 Å². The van der Waals surface area contributed by atoms with Crippen molar-refractivity contribution in [2.24, 2.45) is 5.41 Å².